The van der Waals surface area contributed by atoms with Crippen LogP contribution in [-0.2, 0) is 11.2 Å². The number of carbonyl (C=O) groups is 1. The van der Waals surface area contributed by atoms with Gasteiger partial charge >= 0.3 is 0 Å². The van der Waals surface area contributed by atoms with Crippen LogP contribution in [0.3, 0.4) is 0 Å². The van der Waals surface area contributed by atoms with Crippen LogP contribution in [0.2, 0.25) is 0 Å². The van der Waals surface area contributed by atoms with Crippen molar-refractivity contribution in [2.45, 2.75) is 6.42 Å². The van der Waals surface area contributed by atoms with E-state index in [-0.39, 0.29) is 5.91 Å². The number of rotatable bonds is 5. The lowest BCUT2D eigenvalue weighted by Gasteiger charge is -2.10. The highest BCUT2D eigenvalue weighted by Crippen LogP contribution is 2.16. The molecule has 5 nitrogen and oxygen atoms in total. The molecule has 2 aromatic rings. The third kappa shape index (κ3) is 4.05. The number of anilines is 1. The molecular formula is C16H15N3O2. The van der Waals surface area contributed by atoms with E-state index >= 15 is 0 Å². The Hall–Kier alpha value is -2.87. The number of methoxy groups -OCH3 is 1. The van der Waals surface area contributed by atoms with Gasteiger partial charge in [0.2, 0.25) is 5.91 Å². The van der Waals surface area contributed by atoms with Gasteiger partial charge in [0.1, 0.15) is 11.7 Å². The first kappa shape index (κ1) is 14.5. The van der Waals surface area contributed by atoms with Gasteiger partial charge in [-0.1, -0.05) is 6.07 Å². The van der Waals surface area contributed by atoms with E-state index in [4.69, 9.17) is 10.00 Å². The molecule has 2 rings (SSSR count). The fourth-order valence-electron chi connectivity index (χ4n) is 1.86. The van der Waals surface area contributed by atoms with Crippen LogP contribution in [0.4, 0.5) is 5.69 Å². The summed E-state index contributed by atoms with van der Waals surface area (Å²) < 4.78 is 5.05. The summed E-state index contributed by atoms with van der Waals surface area (Å²) in [4.78, 5) is 16.1. The van der Waals surface area contributed by atoms with E-state index in [1.165, 1.54) is 0 Å². The Bertz CT molecular complexity index is 633. The van der Waals surface area contributed by atoms with E-state index in [1.54, 1.807) is 49.8 Å². The molecule has 0 fully saturated rings. The number of nitriles is 1. The predicted octanol–water partition coefficient (Wildman–Crippen LogP) is 2.41. The average Bonchev–Trinajstić information content (AvgIpc) is 2.54. The minimum atomic E-state index is -0.753. The molecule has 1 aromatic carbocycles. The molecule has 1 atom stereocenters. The van der Waals surface area contributed by atoms with Gasteiger partial charge in [-0.15, -0.1) is 0 Å². The van der Waals surface area contributed by atoms with Crippen LogP contribution < -0.4 is 10.1 Å². The number of aromatic nitrogens is 1. The summed E-state index contributed by atoms with van der Waals surface area (Å²) in [7, 11) is 1.58. The van der Waals surface area contributed by atoms with Crippen LogP contribution in [0, 0.1) is 17.2 Å². The summed E-state index contributed by atoms with van der Waals surface area (Å²) in [6, 6.07) is 12.6. The Morgan fingerprint density at radius 2 is 2.14 bits per heavy atom. The van der Waals surface area contributed by atoms with Crippen LogP contribution in [0.15, 0.2) is 48.8 Å². The SMILES string of the molecule is COc1ccc(NC(=O)[C@@H](C#N)Cc2cccnc2)cc1. The van der Waals surface area contributed by atoms with Crippen molar-refractivity contribution in [3.05, 3.63) is 54.4 Å². The summed E-state index contributed by atoms with van der Waals surface area (Å²) >= 11 is 0. The number of hydrogen-bond acceptors (Lipinski definition) is 4. The molecule has 0 radical (unpaired) electrons. The first-order valence-electron chi connectivity index (χ1n) is 6.46. The molecule has 1 aromatic heterocycles. The molecule has 0 saturated carbocycles. The first-order chi connectivity index (χ1) is 10.2. The molecule has 0 aliphatic rings. The van der Waals surface area contributed by atoms with Crippen molar-refractivity contribution in [1.29, 1.82) is 5.26 Å². The van der Waals surface area contributed by atoms with E-state index in [1.807, 2.05) is 12.1 Å². The zero-order chi connectivity index (χ0) is 15.1. The van der Waals surface area contributed by atoms with Crippen molar-refractivity contribution in [2.24, 2.45) is 5.92 Å². The lowest BCUT2D eigenvalue weighted by atomic mass is 10.0. The Morgan fingerprint density at radius 1 is 1.38 bits per heavy atom. The number of amides is 1. The second-order valence-corrected chi connectivity index (χ2v) is 4.46. The lowest BCUT2D eigenvalue weighted by molar-refractivity contribution is -0.118. The predicted molar refractivity (Wildman–Crippen MR) is 78.7 cm³/mol. The molecule has 21 heavy (non-hydrogen) atoms. The fourth-order valence-corrected chi connectivity index (χ4v) is 1.86. The van der Waals surface area contributed by atoms with Crippen LogP contribution in [0.25, 0.3) is 0 Å². The molecule has 1 N–H and O–H groups in total. The van der Waals surface area contributed by atoms with Crippen molar-refractivity contribution in [3.8, 4) is 11.8 Å². The van der Waals surface area contributed by atoms with E-state index in [0.717, 1.165) is 5.56 Å². The van der Waals surface area contributed by atoms with Crippen molar-refractivity contribution in [2.75, 3.05) is 12.4 Å². The largest absolute Gasteiger partial charge is 0.497 e. The zero-order valence-corrected chi connectivity index (χ0v) is 11.6. The molecule has 5 heteroatoms. The second kappa shape index (κ2) is 7.06. The number of hydrogen-bond donors (Lipinski definition) is 1. The van der Waals surface area contributed by atoms with Crippen LogP contribution in [0.5, 0.6) is 5.75 Å². The summed E-state index contributed by atoms with van der Waals surface area (Å²) in [5.41, 5.74) is 1.49. The first-order valence-corrected chi connectivity index (χ1v) is 6.46. The number of benzene rings is 1. The van der Waals surface area contributed by atoms with Gasteiger partial charge in [-0.25, -0.2) is 0 Å². The molecule has 0 spiro atoms. The Labute approximate surface area is 123 Å². The third-order valence-corrected chi connectivity index (χ3v) is 2.99. The lowest BCUT2D eigenvalue weighted by Crippen LogP contribution is -2.23. The van der Waals surface area contributed by atoms with Gasteiger partial charge in [0.15, 0.2) is 0 Å². The van der Waals surface area contributed by atoms with Crippen molar-refractivity contribution < 1.29 is 9.53 Å². The quantitative estimate of drug-likeness (QED) is 0.913. The molecule has 0 aliphatic heterocycles. The van der Waals surface area contributed by atoms with Crippen molar-refractivity contribution in [1.82, 2.24) is 4.98 Å². The molecular weight excluding hydrogens is 266 g/mol. The van der Waals surface area contributed by atoms with Gasteiger partial charge in [0, 0.05) is 18.1 Å². The number of nitrogens with one attached hydrogen (secondary N) is 1. The summed E-state index contributed by atoms with van der Waals surface area (Å²) in [6.07, 6.45) is 3.65. The monoisotopic (exact) mass is 281 g/mol. The summed E-state index contributed by atoms with van der Waals surface area (Å²) in [5.74, 6) is -0.372. The van der Waals surface area contributed by atoms with E-state index in [9.17, 15) is 4.79 Å². The topological polar surface area (TPSA) is 75.0 Å². The molecule has 0 unspecified atom stereocenters. The molecule has 0 saturated heterocycles. The van der Waals surface area contributed by atoms with Gasteiger partial charge in [0.05, 0.1) is 13.2 Å². The Kier molecular flexibility index (Phi) is 4.89. The zero-order valence-electron chi connectivity index (χ0n) is 11.6. The van der Waals surface area contributed by atoms with Gasteiger partial charge in [-0.2, -0.15) is 5.26 Å². The second-order valence-electron chi connectivity index (χ2n) is 4.46. The normalized spacial score (nSPS) is 11.2. The average molecular weight is 281 g/mol. The molecule has 1 amide bonds. The number of nitrogens with zero attached hydrogens (tertiary/aromatic N) is 2. The fraction of sp³-hybridized carbons (Fsp3) is 0.188. The van der Waals surface area contributed by atoms with E-state index in [0.29, 0.717) is 17.9 Å². The van der Waals surface area contributed by atoms with E-state index < -0.39 is 5.92 Å². The van der Waals surface area contributed by atoms with Crippen LogP contribution in [0.1, 0.15) is 5.56 Å². The maximum atomic E-state index is 12.1. The summed E-state index contributed by atoms with van der Waals surface area (Å²) in [5, 5.41) is 11.9. The Morgan fingerprint density at radius 3 is 2.71 bits per heavy atom. The third-order valence-electron chi connectivity index (χ3n) is 2.99. The number of carbonyl (C=O) groups excluding carboxylic acids is 1. The minimum Gasteiger partial charge on any atom is -0.497 e. The molecule has 1 heterocycles. The van der Waals surface area contributed by atoms with Gasteiger partial charge in [0.25, 0.3) is 0 Å². The number of ether oxygens (including phenoxy) is 1. The highest BCUT2D eigenvalue weighted by molar-refractivity contribution is 5.94. The van der Waals surface area contributed by atoms with Crippen LogP contribution in [-0.4, -0.2) is 18.0 Å². The van der Waals surface area contributed by atoms with Gasteiger partial charge in [-0.05, 0) is 42.3 Å². The maximum Gasteiger partial charge on any atom is 0.242 e. The van der Waals surface area contributed by atoms with Gasteiger partial charge < -0.3 is 10.1 Å². The standard InChI is InChI=1S/C16H15N3O2/c1-21-15-6-4-14(5-7-15)19-16(20)13(10-17)9-12-3-2-8-18-11-12/h2-8,11,13H,9H2,1H3,(H,19,20)/t13-/m1/s1. The van der Waals surface area contributed by atoms with Gasteiger partial charge in [-0.3, -0.25) is 9.78 Å². The highest BCUT2D eigenvalue weighted by atomic mass is 16.5. The highest BCUT2D eigenvalue weighted by Gasteiger charge is 2.18. The summed E-state index contributed by atoms with van der Waals surface area (Å²) in [6.45, 7) is 0. The molecule has 106 valence electrons. The van der Waals surface area contributed by atoms with Crippen LogP contribution >= 0.6 is 0 Å². The molecule has 0 aliphatic carbocycles. The smallest absolute Gasteiger partial charge is 0.242 e. The van der Waals surface area contributed by atoms with Crippen molar-refractivity contribution in [3.63, 3.8) is 0 Å². The van der Waals surface area contributed by atoms with E-state index in [2.05, 4.69) is 10.3 Å². The van der Waals surface area contributed by atoms with Crippen molar-refractivity contribution >= 4 is 11.6 Å². The Balaban J connectivity index is 2.01. The maximum absolute atomic E-state index is 12.1. The molecule has 0 bridgehead atoms. The minimum absolute atomic E-state index is 0.327. The number of pyridine rings is 1.